The number of carbonyl (C=O) groups excluding carboxylic acids is 1. The molecule has 2 atom stereocenters. The van der Waals surface area contributed by atoms with E-state index in [2.05, 4.69) is 29.2 Å². The van der Waals surface area contributed by atoms with Crippen molar-refractivity contribution in [2.24, 2.45) is 17.3 Å². The number of benzene rings is 1. The molecule has 0 unspecified atom stereocenters. The topological polar surface area (TPSA) is 60.9 Å². The van der Waals surface area contributed by atoms with Gasteiger partial charge in [-0.05, 0) is 42.7 Å². The zero-order valence-corrected chi connectivity index (χ0v) is 14.4. The van der Waals surface area contributed by atoms with Crippen molar-refractivity contribution >= 4 is 11.9 Å². The fourth-order valence-electron chi connectivity index (χ4n) is 5.18. The number of hydrogen-bond acceptors (Lipinski definition) is 3. The Morgan fingerprint density at radius 2 is 1.84 bits per heavy atom. The van der Waals surface area contributed by atoms with Crippen LogP contribution in [-0.2, 0) is 22.4 Å². The average molecular weight is 340 g/mol. The van der Waals surface area contributed by atoms with Gasteiger partial charge in [-0.3, -0.25) is 14.5 Å². The summed E-state index contributed by atoms with van der Waals surface area (Å²) in [5.41, 5.74) is 1.84. The SMILES string of the molecule is O=C1[C@@H]2CN(C3Cc4ccccc4C3)C[C@]2(C(=O)O)CN1CC1CC1. The molecule has 2 heterocycles. The van der Waals surface area contributed by atoms with Gasteiger partial charge in [0.15, 0.2) is 0 Å². The molecule has 1 aromatic carbocycles. The molecular formula is C20H24N2O3. The van der Waals surface area contributed by atoms with Gasteiger partial charge in [0, 0.05) is 32.2 Å². The van der Waals surface area contributed by atoms with Crippen molar-refractivity contribution in [3.8, 4) is 0 Å². The lowest BCUT2D eigenvalue weighted by molar-refractivity contribution is -0.149. The highest BCUT2D eigenvalue weighted by Crippen LogP contribution is 2.46. The summed E-state index contributed by atoms with van der Waals surface area (Å²) in [6.45, 7) is 2.28. The number of aliphatic carboxylic acids is 1. The van der Waals surface area contributed by atoms with Crippen molar-refractivity contribution in [3.05, 3.63) is 35.4 Å². The van der Waals surface area contributed by atoms with Crippen LogP contribution in [0.15, 0.2) is 24.3 Å². The molecule has 0 aromatic heterocycles. The smallest absolute Gasteiger partial charge is 0.313 e. The Kier molecular flexibility index (Phi) is 3.26. The molecule has 132 valence electrons. The Morgan fingerprint density at radius 1 is 1.16 bits per heavy atom. The highest BCUT2D eigenvalue weighted by Gasteiger charge is 2.63. The van der Waals surface area contributed by atoms with Crippen molar-refractivity contribution in [2.75, 3.05) is 26.2 Å². The molecule has 1 amide bonds. The van der Waals surface area contributed by atoms with Crippen molar-refractivity contribution in [2.45, 2.75) is 31.7 Å². The van der Waals surface area contributed by atoms with Crippen LogP contribution in [0.4, 0.5) is 0 Å². The van der Waals surface area contributed by atoms with Crippen molar-refractivity contribution in [1.29, 1.82) is 0 Å². The Balaban J connectivity index is 1.36. The number of rotatable bonds is 4. The third-order valence-electron chi connectivity index (χ3n) is 6.80. The molecule has 5 nitrogen and oxygen atoms in total. The highest BCUT2D eigenvalue weighted by molar-refractivity contribution is 5.92. The number of amides is 1. The molecule has 1 N–H and O–H groups in total. The van der Waals surface area contributed by atoms with E-state index in [1.165, 1.54) is 24.0 Å². The van der Waals surface area contributed by atoms with E-state index in [0.717, 1.165) is 19.4 Å². The van der Waals surface area contributed by atoms with Gasteiger partial charge in [0.05, 0.1) is 5.92 Å². The Morgan fingerprint density at radius 3 is 2.40 bits per heavy atom. The number of likely N-dealkylation sites (tertiary alicyclic amines) is 2. The molecule has 3 fully saturated rings. The number of fused-ring (bicyclic) bond motifs is 2. The van der Waals surface area contributed by atoms with Crippen LogP contribution < -0.4 is 0 Å². The zero-order chi connectivity index (χ0) is 17.2. The van der Waals surface area contributed by atoms with Gasteiger partial charge in [-0.15, -0.1) is 0 Å². The fraction of sp³-hybridized carbons (Fsp3) is 0.600. The molecule has 4 aliphatic rings. The molecular weight excluding hydrogens is 316 g/mol. The van der Waals surface area contributed by atoms with E-state index in [0.29, 0.717) is 31.6 Å². The average Bonchev–Trinajstić information content (AvgIpc) is 3.06. The first-order valence-electron chi connectivity index (χ1n) is 9.40. The van der Waals surface area contributed by atoms with Gasteiger partial charge in [0.25, 0.3) is 0 Å². The van der Waals surface area contributed by atoms with E-state index in [1.807, 2.05) is 4.90 Å². The maximum Gasteiger partial charge on any atom is 0.313 e. The van der Waals surface area contributed by atoms with Gasteiger partial charge >= 0.3 is 5.97 Å². The molecule has 1 aromatic rings. The Labute approximate surface area is 147 Å². The predicted octanol–water partition coefficient (Wildman–Crippen LogP) is 1.41. The standard InChI is InChI=1S/C20H24N2O3/c23-18-17-10-21(16-7-14-3-1-2-4-15(14)8-16)11-20(17,19(24)25)12-22(18)9-13-5-6-13/h1-4,13,16-17H,5-12H2,(H,24,25)/t17-,20-/m0/s1. The lowest BCUT2D eigenvalue weighted by atomic mass is 9.81. The summed E-state index contributed by atoms with van der Waals surface area (Å²) in [4.78, 5) is 29.2. The molecule has 5 heteroatoms. The normalized spacial score (nSPS) is 32.2. The van der Waals surface area contributed by atoms with Crippen LogP contribution >= 0.6 is 0 Å². The number of carboxylic acid groups (broad SMARTS) is 1. The Hall–Kier alpha value is -1.88. The summed E-state index contributed by atoms with van der Waals surface area (Å²) in [5.74, 6) is -0.476. The molecule has 0 bridgehead atoms. The summed E-state index contributed by atoms with van der Waals surface area (Å²) in [6.07, 6.45) is 4.30. The molecule has 0 spiro atoms. The van der Waals surface area contributed by atoms with E-state index in [-0.39, 0.29) is 11.8 Å². The predicted molar refractivity (Wildman–Crippen MR) is 92.1 cm³/mol. The summed E-state index contributed by atoms with van der Waals surface area (Å²) < 4.78 is 0. The molecule has 0 radical (unpaired) electrons. The molecule has 2 aliphatic carbocycles. The zero-order valence-electron chi connectivity index (χ0n) is 14.4. The second-order valence-corrected chi connectivity index (χ2v) is 8.44. The van der Waals surface area contributed by atoms with Crippen LogP contribution in [0.25, 0.3) is 0 Å². The second kappa shape index (κ2) is 5.31. The maximum absolute atomic E-state index is 12.9. The molecule has 2 aliphatic heterocycles. The summed E-state index contributed by atoms with van der Waals surface area (Å²) in [5, 5.41) is 9.99. The third-order valence-corrected chi connectivity index (χ3v) is 6.80. The lowest BCUT2D eigenvalue weighted by Crippen LogP contribution is -2.43. The molecule has 25 heavy (non-hydrogen) atoms. The molecule has 5 rings (SSSR count). The van der Waals surface area contributed by atoms with Gasteiger partial charge < -0.3 is 10.0 Å². The van der Waals surface area contributed by atoms with E-state index >= 15 is 0 Å². The quantitative estimate of drug-likeness (QED) is 0.900. The van der Waals surface area contributed by atoms with Crippen LogP contribution in [0.2, 0.25) is 0 Å². The summed E-state index contributed by atoms with van der Waals surface area (Å²) in [6, 6.07) is 8.81. The van der Waals surface area contributed by atoms with E-state index < -0.39 is 11.4 Å². The first-order valence-corrected chi connectivity index (χ1v) is 9.40. The maximum atomic E-state index is 12.9. The molecule has 1 saturated carbocycles. The number of hydrogen-bond donors (Lipinski definition) is 1. The Bertz CT molecular complexity index is 719. The summed E-state index contributed by atoms with van der Waals surface area (Å²) >= 11 is 0. The van der Waals surface area contributed by atoms with Crippen LogP contribution in [0.1, 0.15) is 24.0 Å². The van der Waals surface area contributed by atoms with Crippen LogP contribution in [0.3, 0.4) is 0 Å². The van der Waals surface area contributed by atoms with Crippen molar-refractivity contribution in [1.82, 2.24) is 9.80 Å². The van der Waals surface area contributed by atoms with E-state index in [9.17, 15) is 14.7 Å². The van der Waals surface area contributed by atoms with E-state index in [4.69, 9.17) is 0 Å². The fourth-order valence-corrected chi connectivity index (χ4v) is 5.18. The number of carboxylic acids is 1. The largest absolute Gasteiger partial charge is 0.481 e. The van der Waals surface area contributed by atoms with Crippen LogP contribution in [0, 0.1) is 17.3 Å². The van der Waals surface area contributed by atoms with E-state index in [1.54, 1.807) is 0 Å². The van der Waals surface area contributed by atoms with Crippen LogP contribution in [-0.4, -0.2) is 59.0 Å². The first-order chi connectivity index (χ1) is 12.1. The highest BCUT2D eigenvalue weighted by atomic mass is 16.4. The van der Waals surface area contributed by atoms with Gasteiger partial charge in [-0.25, -0.2) is 0 Å². The monoisotopic (exact) mass is 340 g/mol. The third kappa shape index (κ3) is 2.32. The number of nitrogens with zero attached hydrogens (tertiary/aromatic N) is 2. The van der Waals surface area contributed by atoms with Gasteiger partial charge in [0.1, 0.15) is 5.41 Å². The second-order valence-electron chi connectivity index (χ2n) is 8.44. The van der Waals surface area contributed by atoms with Crippen LogP contribution in [0.5, 0.6) is 0 Å². The molecule has 2 saturated heterocycles. The minimum atomic E-state index is -0.902. The van der Waals surface area contributed by atoms with Crippen molar-refractivity contribution < 1.29 is 14.7 Å². The summed E-state index contributed by atoms with van der Waals surface area (Å²) in [7, 11) is 0. The van der Waals surface area contributed by atoms with Gasteiger partial charge in [0.2, 0.25) is 5.91 Å². The van der Waals surface area contributed by atoms with Gasteiger partial charge in [-0.2, -0.15) is 0 Å². The number of carbonyl (C=O) groups is 2. The minimum Gasteiger partial charge on any atom is -0.481 e. The minimum absolute atomic E-state index is 0.0762. The van der Waals surface area contributed by atoms with Crippen molar-refractivity contribution in [3.63, 3.8) is 0 Å². The van der Waals surface area contributed by atoms with Gasteiger partial charge in [-0.1, -0.05) is 24.3 Å². The first kappa shape index (κ1) is 15.4. The lowest BCUT2D eigenvalue weighted by Gasteiger charge is -2.28.